The van der Waals surface area contributed by atoms with E-state index in [1.165, 1.54) is 5.56 Å². The van der Waals surface area contributed by atoms with E-state index in [9.17, 15) is 9.90 Å². The van der Waals surface area contributed by atoms with E-state index in [1.54, 1.807) is 0 Å². The number of carbonyl (C=O) groups excluding carboxylic acids is 1. The molecule has 0 unspecified atom stereocenters. The SMILES string of the molecule is CC(C)N(C(=O)CNc1ccccc1CN1CCC(CO)CC1)c1ccccc1. The smallest absolute Gasteiger partial charge is 0.246 e. The van der Waals surface area contributed by atoms with Crippen LogP contribution in [0.15, 0.2) is 54.6 Å². The van der Waals surface area contributed by atoms with Crippen LogP contribution >= 0.6 is 0 Å². The fourth-order valence-electron chi connectivity index (χ4n) is 3.97. The zero-order chi connectivity index (χ0) is 20.6. The minimum Gasteiger partial charge on any atom is -0.396 e. The standard InChI is InChI=1S/C24H33N3O2/c1-19(2)27(22-9-4-3-5-10-22)24(29)16-25-23-11-7-6-8-21(23)17-26-14-12-20(18-28)13-15-26/h3-11,19-20,25,28H,12-18H2,1-2H3. The van der Waals surface area contributed by atoms with Gasteiger partial charge in [-0.2, -0.15) is 0 Å². The Balaban J connectivity index is 1.62. The molecule has 0 radical (unpaired) electrons. The number of para-hydroxylation sites is 2. The van der Waals surface area contributed by atoms with Gasteiger partial charge < -0.3 is 15.3 Å². The molecule has 0 saturated carbocycles. The highest BCUT2D eigenvalue weighted by atomic mass is 16.3. The van der Waals surface area contributed by atoms with Crippen LogP contribution in [0, 0.1) is 5.92 Å². The van der Waals surface area contributed by atoms with Crippen molar-refractivity contribution in [2.24, 2.45) is 5.92 Å². The summed E-state index contributed by atoms with van der Waals surface area (Å²) >= 11 is 0. The molecule has 2 N–H and O–H groups in total. The Morgan fingerprint density at radius 3 is 2.41 bits per heavy atom. The summed E-state index contributed by atoms with van der Waals surface area (Å²) in [5.74, 6) is 0.502. The van der Waals surface area contributed by atoms with Crippen LogP contribution in [0.4, 0.5) is 11.4 Å². The maximum absolute atomic E-state index is 13.0. The highest BCUT2D eigenvalue weighted by molar-refractivity contribution is 5.96. The molecule has 5 nitrogen and oxygen atoms in total. The van der Waals surface area contributed by atoms with Crippen LogP contribution in [0.2, 0.25) is 0 Å². The van der Waals surface area contributed by atoms with Crippen molar-refractivity contribution in [2.75, 3.05) is 36.5 Å². The van der Waals surface area contributed by atoms with Gasteiger partial charge in [0, 0.05) is 30.6 Å². The third kappa shape index (κ3) is 5.81. The Morgan fingerprint density at radius 2 is 1.76 bits per heavy atom. The maximum Gasteiger partial charge on any atom is 0.246 e. The average molecular weight is 396 g/mol. The van der Waals surface area contributed by atoms with Crippen molar-refractivity contribution in [1.82, 2.24) is 4.90 Å². The first-order valence-electron chi connectivity index (χ1n) is 10.6. The Morgan fingerprint density at radius 1 is 1.10 bits per heavy atom. The Bertz CT molecular complexity index is 771. The summed E-state index contributed by atoms with van der Waals surface area (Å²) in [5.41, 5.74) is 3.15. The molecular formula is C24H33N3O2. The van der Waals surface area contributed by atoms with Gasteiger partial charge in [0.25, 0.3) is 0 Å². The highest BCUT2D eigenvalue weighted by Gasteiger charge is 2.21. The third-order valence-corrected chi connectivity index (χ3v) is 5.63. The lowest BCUT2D eigenvalue weighted by Gasteiger charge is -2.31. The number of likely N-dealkylation sites (tertiary alicyclic amines) is 1. The van der Waals surface area contributed by atoms with Crippen molar-refractivity contribution in [3.05, 3.63) is 60.2 Å². The molecule has 3 rings (SSSR count). The topological polar surface area (TPSA) is 55.8 Å². The normalized spacial score (nSPS) is 15.4. The number of amides is 1. The average Bonchev–Trinajstić information content (AvgIpc) is 2.74. The third-order valence-electron chi connectivity index (χ3n) is 5.63. The molecule has 0 spiro atoms. The molecule has 1 aliphatic rings. The Kier molecular flexibility index (Phi) is 7.67. The number of rotatable bonds is 8. The number of hydrogen-bond donors (Lipinski definition) is 2. The summed E-state index contributed by atoms with van der Waals surface area (Å²) in [7, 11) is 0. The highest BCUT2D eigenvalue weighted by Crippen LogP contribution is 2.23. The number of benzene rings is 2. The molecule has 2 aromatic carbocycles. The second-order valence-electron chi connectivity index (χ2n) is 8.11. The van der Waals surface area contributed by atoms with Crippen LogP contribution in [0.1, 0.15) is 32.3 Å². The first-order valence-corrected chi connectivity index (χ1v) is 10.6. The van der Waals surface area contributed by atoms with Crippen LogP contribution in [-0.2, 0) is 11.3 Å². The van der Waals surface area contributed by atoms with Crippen molar-refractivity contribution in [2.45, 2.75) is 39.3 Å². The molecule has 0 bridgehead atoms. The van der Waals surface area contributed by atoms with E-state index >= 15 is 0 Å². The number of aliphatic hydroxyl groups excluding tert-OH is 1. The van der Waals surface area contributed by atoms with Crippen molar-refractivity contribution in [1.29, 1.82) is 0 Å². The molecule has 1 saturated heterocycles. The first kappa shape index (κ1) is 21.3. The van der Waals surface area contributed by atoms with Gasteiger partial charge in [-0.25, -0.2) is 0 Å². The molecular weight excluding hydrogens is 362 g/mol. The van der Waals surface area contributed by atoms with Crippen LogP contribution in [-0.4, -0.2) is 48.2 Å². The summed E-state index contributed by atoms with van der Waals surface area (Å²) in [4.78, 5) is 17.2. The quantitative estimate of drug-likeness (QED) is 0.715. The molecule has 0 aromatic heterocycles. The van der Waals surface area contributed by atoms with Crippen molar-refractivity contribution >= 4 is 17.3 Å². The molecule has 29 heavy (non-hydrogen) atoms. The number of hydrogen-bond acceptors (Lipinski definition) is 4. The number of anilines is 2. The molecule has 1 heterocycles. The van der Waals surface area contributed by atoms with Gasteiger partial charge in [0.05, 0.1) is 6.54 Å². The molecule has 5 heteroatoms. The number of nitrogens with zero attached hydrogens (tertiary/aromatic N) is 2. The van der Waals surface area contributed by atoms with E-state index in [-0.39, 0.29) is 18.5 Å². The summed E-state index contributed by atoms with van der Waals surface area (Å²) < 4.78 is 0. The van der Waals surface area contributed by atoms with E-state index in [0.717, 1.165) is 43.9 Å². The number of piperidine rings is 1. The van der Waals surface area contributed by atoms with E-state index in [2.05, 4.69) is 16.3 Å². The van der Waals surface area contributed by atoms with Gasteiger partial charge in [0.2, 0.25) is 5.91 Å². The van der Waals surface area contributed by atoms with E-state index < -0.39 is 0 Å². The van der Waals surface area contributed by atoms with Gasteiger partial charge >= 0.3 is 0 Å². The Labute approximate surface area is 174 Å². The first-order chi connectivity index (χ1) is 14.1. The second kappa shape index (κ2) is 10.4. The lowest BCUT2D eigenvalue weighted by Crippen LogP contribution is -2.40. The van der Waals surface area contributed by atoms with Gasteiger partial charge in [-0.3, -0.25) is 9.69 Å². The number of aliphatic hydroxyl groups is 1. The number of carbonyl (C=O) groups is 1. The zero-order valence-corrected chi connectivity index (χ0v) is 17.6. The summed E-state index contributed by atoms with van der Waals surface area (Å²) in [6, 6.07) is 18.1. The maximum atomic E-state index is 13.0. The van der Waals surface area contributed by atoms with Gasteiger partial charge in [-0.05, 0) is 69.5 Å². The Hall–Kier alpha value is -2.37. The van der Waals surface area contributed by atoms with E-state index in [1.807, 2.05) is 67.3 Å². The summed E-state index contributed by atoms with van der Waals surface area (Å²) in [5, 5.41) is 12.7. The van der Waals surface area contributed by atoms with Crippen LogP contribution in [0.25, 0.3) is 0 Å². The molecule has 156 valence electrons. The van der Waals surface area contributed by atoms with Crippen molar-refractivity contribution < 1.29 is 9.90 Å². The summed E-state index contributed by atoms with van der Waals surface area (Å²) in [6.07, 6.45) is 2.09. The van der Waals surface area contributed by atoms with Gasteiger partial charge in [-0.1, -0.05) is 36.4 Å². The van der Waals surface area contributed by atoms with E-state index in [0.29, 0.717) is 12.5 Å². The molecule has 1 fully saturated rings. The van der Waals surface area contributed by atoms with Crippen LogP contribution < -0.4 is 10.2 Å². The minimum atomic E-state index is 0.0600. The number of nitrogens with one attached hydrogen (secondary N) is 1. The zero-order valence-electron chi connectivity index (χ0n) is 17.6. The second-order valence-corrected chi connectivity index (χ2v) is 8.11. The van der Waals surface area contributed by atoms with Crippen LogP contribution in [0.3, 0.4) is 0 Å². The van der Waals surface area contributed by atoms with Gasteiger partial charge in [0.15, 0.2) is 0 Å². The predicted molar refractivity (Wildman–Crippen MR) is 119 cm³/mol. The fourth-order valence-corrected chi connectivity index (χ4v) is 3.97. The molecule has 0 aliphatic carbocycles. The lowest BCUT2D eigenvalue weighted by molar-refractivity contribution is -0.117. The largest absolute Gasteiger partial charge is 0.396 e. The molecule has 2 aromatic rings. The minimum absolute atomic E-state index is 0.0600. The van der Waals surface area contributed by atoms with Crippen molar-refractivity contribution in [3.8, 4) is 0 Å². The molecule has 1 aliphatic heterocycles. The predicted octanol–water partition coefficient (Wildman–Crippen LogP) is 3.74. The summed E-state index contributed by atoms with van der Waals surface area (Å²) in [6.45, 7) is 7.51. The van der Waals surface area contributed by atoms with E-state index in [4.69, 9.17) is 0 Å². The molecule has 0 atom stereocenters. The van der Waals surface area contributed by atoms with Crippen molar-refractivity contribution in [3.63, 3.8) is 0 Å². The van der Waals surface area contributed by atoms with Crippen LogP contribution in [0.5, 0.6) is 0 Å². The van der Waals surface area contributed by atoms with Gasteiger partial charge in [0.1, 0.15) is 0 Å². The molecule has 1 amide bonds. The fraction of sp³-hybridized carbons (Fsp3) is 0.458. The monoisotopic (exact) mass is 395 g/mol. The van der Waals surface area contributed by atoms with Gasteiger partial charge in [-0.15, -0.1) is 0 Å². The lowest BCUT2D eigenvalue weighted by atomic mass is 9.97.